The maximum atomic E-state index is 6.42. The maximum Gasteiger partial charge on any atom is 0.123 e. The third-order valence-electron chi connectivity index (χ3n) is 4.64. The molecule has 0 bridgehead atoms. The molecule has 1 aromatic carbocycles. The highest BCUT2D eigenvalue weighted by atomic mass is 16.5. The molecule has 2 aliphatic rings. The number of benzene rings is 1. The van der Waals surface area contributed by atoms with E-state index in [1.165, 1.54) is 24.0 Å². The van der Waals surface area contributed by atoms with Gasteiger partial charge in [-0.3, -0.25) is 0 Å². The molecule has 18 heavy (non-hydrogen) atoms. The van der Waals surface area contributed by atoms with Gasteiger partial charge in [0.05, 0.1) is 6.61 Å². The molecule has 2 nitrogen and oxygen atoms in total. The van der Waals surface area contributed by atoms with Crippen molar-refractivity contribution < 1.29 is 4.74 Å². The van der Waals surface area contributed by atoms with Crippen LogP contribution in [-0.2, 0) is 5.41 Å². The van der Waals surface area contributed by atoms with Crippen molar-refractivity contribution in [3.8, 4) is 5.75 Å². The Kier molecular flexibility index (Phi) is 2.67. The van der Waals surface area contributed by atoms with Crippen molar-refractivity contribution >= 4 is 0 Å². The van der Waals surface area contributed by atoms with E-state index in [0.717, 1.165) is 18.3 Å². The van der Waals surface area contributed by atoms with E-state index in [4.69, 9.17) is 10.5 Å². The molecule has 98 valence electrons. The van der Waals surface area contributed by atoms with Crippen molar-refractivity contribution in [3.63, 3.8) is 0 Å². The van der Waals surface area contributed by atoms with Crippen LogP contribution in [0.15, 0.2) is 18.2 Å². The Hall–Kier alpha value is -1.02. The van der Waals surface area contributed by atoms with Crippen molar-refractivity contribution in [1.82, 2.24) is 0 Å². The van der Waals surface area contributed by atoms with Gasteiger partial charge in [-0.05, 0) is 42.4 Å². The molecule has 1 aliphatic carbocycles. The average molecular weight is 245 g/mol. The molecule has 2 heteroatoms. The fraction of sp³-hybridized carbons (Fsp3) is 0.625. The molecule has 0 aromatic heterocycles. The Balaban J connectivity index is 1.90. The second kappa shape index (κ2) is 3.99. The molecule has 0 saturated heterocycles. The smallest absolute Gasteiger partial charge is 0.123 e. The normalized spacial score (nSPS) is 24.2. The first-order valence-electron chi connectivity index (χ1n) is 7.02. The van der Waals surface area contributed by atoms with Crippen molar-refractivity contribution in [3.05, 3.63) is 29.3 Å². The number of hydrogen-bond acceptors (Lipinski definition) is 2. The lowest BCUT2D eigenvalue weighted by Gasteiger charge is -2.22. The van der Waals surface area contributed by atoms with Crippen LogP contribution in [0.2, 0.25) is 0 Å². The summed E-state index contributed by atoms with van der Waals surface area (Å²) in [5.41, 5.74) is 9.13. The molecule has 1 saturated carbocycles. The summed E-state index contributed by atoms with van der Waals surface area (Å²) in [6.45, 7) is 7.54. The predicted molar refractivity (Wildman–Crippen MR) is 73.8 cm³/mol. The fourth-order valence-corrected chi connectivity index (χ4v) is 2.96. The van der Waals surface area contributed by atoms with Crippen LogP contribution in [0.5, 0.6) is 5.75 Å². The lowest BCUT2D eigenvalue weighted by molar-refractivity contribution is 0.291. The molecular formula is C16H23NO. The number of rotatable bonds is 3. The van der Waals surface area contributed by atoms with Crippen molar-refractivity contribution in [2.45, 2.75) is 45.1 Å². The second-order valence-electron chi connectivity index (χ2n) is 6.65. The maximum absolute atomic E-state index is 6.42. The van der Waals surface area contributed by atoms with Gasteiger partial charge in [0, 0.05) is 17.0 Å². The topological polar surface area (TPSA) is 35.2 Å². The van der Waals surface area contributed by atoms with Gasteiger partial charge in [-0.1, -0.05) is 26.8 Å². The minimum Gasteiger partial charge on any atom is -0.492 e. The molecule has 3 rings (SSSR count). The Morgan fingerprint density at radius 1 is 1.33 bits per heavy atom. The number of fused-ring (bicyclic) bond motifs is 1. The van der Waals surface area contributed by atoms with E-state index in [2.05, 4.69) is 39.0 Å². The summed E-state index contributed by atoms with van der Waals surface area (Å²) in [4.78, 5) is 0. The first-order chi connectivity index (χ1) is 8.49. The SMILES string of the molecule is CC(C1CC1)C(N)c1ccc2c(c1)C(C)(C)CO2. The molecule has 1 fully saturated rings. The highest BCUT2D eigenvalue weighted by molar-refractivity contribution is 5.46. The van der Waals surface area contributed by atoms with E-state index in [1.54, 1.807) is 0 Å². The highest BCUT2D eigenvalue weighted by Gasteiger charge is 2.35. The van der Waals surface area contributed by atoms with Crippen LogP contribution in [-0.4, -0.2) is 6.61 Å². The van der Waals surface area contributed by atoms with Crippen LogP contribution in [0, 0.1) is 11.8 Å². The Morgan fingerprint density at radius 2 is 2.06 bits per heavy atom. The lowest BCUT2D eigenvalue weighted by atomic mass is 9.83. The summed E-state index contributed by atoms with van der Waals surface area (Å²) in [5.74, 6) is 2.47. The molecular weight excluding hydrogens is 222 g/mol. The van der Waals surface area contributed by atoms with E-state index in [1.807, 2.05) is 0 Å². The van der Waals surface area contributed by atoms with Crippen molar-refractivity contribution in [1.29, 1.82) is 0 Å². The molecule has 2 unspecified atom stereocenters. The Labute approximate surface area is 110 Å². The highest BCUT2D eigenvalue weighted by Crippen LogP contribution is 2.44. The van der Waals surface area contributed by atoms with Crippen molar-refractivity contribution in [2.75, 3.05) is 6.61 Å². The molecule has 0 radical (unpaired) electrons. The summed E-state index contributed by atoms with van der Waals surface area (Å²) >= 11 is 0. The zero-order valence-electron chi connectivity index (χ0n) is 11.6. The summed E-state index contributed by atoms with van der Waals surface area (Å²) in [6, 6.07) is 6.67. The molecule has 2 N–H and O–H groups in total. The molecule has 1 heterocycles. The van der Waals surface area contributed by atoms with Gasteiger partial charge in [-0.25, -0.2) is 0 Å². The largest absolute Gasteiger partial charge is 0.492 e. The van der Waals surface area contributed by atoms with Gasteiger partial charge in [-0.15, -0.1) is 0 Å². The summed E-state index contributed by atoms with van der Waals surface area (Å²) in [5, 5.41) is 0. The first-order valence-corrected chi connectivity index (χ1v) is 7.02. The van der Waals surface area contributed by atoms with E-state index < -0.39 is 0 Å². The molecule has 2 atom stereocenters. The molecule has 0 spiro atoms. The van der Waals surface area contributed by atoms with Gasteiger partial charge in [-0.2, -0.15) is 0 Å². The van der Waals surface area contributed by atoms with Gasteiger partial charge in [0.25, 0.3) is 0 Å². The van der Waals surface area contributed by atoms with Gasteiger partial charge in [0.2, 0.25) is 0 Å². The van der Waals surface area contributed by atoms with Gasteiger partial charge in [0.1, 0.15) is 5.75 Å². The first kappa shape index (κ1) is 12.0. The minimum atomic E-state index is 0.119. The van der Waals surface area contributed by atoms with Crippen LogP contribution in [0.25, 0.3) is 0 Å². The number of ether oxygens (including phenoxy) is 1. The predicted octanol–water partition coefficient (Wildman–Crippen LogP) is 3.40. The van der Waals surface area contributed by atoms with Gasteiger partial charge in [0.15, 0.2) is 0 Å². The van der Waals surface area contributed by atoms with Crippen LogP contribution < -0.4 is 10.5 Å². The van der Waals surface area contributed by atoms with Crippen molar-refractivity contribution in [2.24, 2.45) is 17.6 Å². The van der Waals surface area contributed by atoms with E-state index in [0.29, 0.717) is 5.92 Å². The third kappa shape index (κ3) is 1.93. The van der Waals surface area contributed by atoms with Crippen LogP contribution in [0.3, 0.4) is 0 Å². The van der Waals surface area contributed by atoms with Crippen LogP contribution in [0.1, 0.15) is 50.8 Å². The zero-order valence-corrected chi connectivity index (χ0v) is 11.6. The standard InChI is InChI=1S/C16H23NO/c1-10(11-4-5-11)15(17)12-6-7-14-13(8-12)16(2,3)9-18-14/h6-8,10-11,15H,4-5,9,17H2,1-3H3. The summed E-state index contributed by atoms with van der Waals surface area (Å²) in [7, 11) is 0. The Bertz CT molecular complexity index is 462. The average Bonchev–Trinajstić information content (AvgIpc) is 3.15. The second-order valence-corrected chi connectivity index (χ2v) is 6.65. The van der Waals surface area contributed by atoms with E-state index in [-0.39, 0.29) is 11.5 Å². The Morgan fingerprint density at radius 3 is 2.72 bits per heavy atom. The third-order valence-corrected chi connectivity index (χ3v) is 4.64. The van der Waals surface area contributed by atoms with Gasteiger partial charge < -0.3 is 10.5 Å². The van der Waals surface area contributed by atoms with E-state index >= 15 is 0 Å². The zero-order chi connectivity index (χ0) is 12.9. The number of nitrogens with two attached hydrogens (primary N) is 1. The number of hydrogen-bond donors (Lipinski definition) is 1. The van der Waals surface area contributed by atoms with E-state index in [9.17, 15) is 0 Å². The lowest BCUT2D eigenvalue weighted by Crippen LogP contribution is -2.22. The summed E-state index contributed by atoms with van der Waals surface area (Å²) < 4.78 is 5.73. The summed E-state index contributed by atoms with van der Waals surface area (Å²) in [6.07, 6.45) is 2.71. The van der Waals surface area contributed by atoms with Gasteiger partial charge >= 0.3 is 0 Å². The molecule has 0 amide bonds. The van der Waals surface area contributed by atoms with Crippen LogP contribution >= 0.6 is 0 Å². The van der Waals surface area contributed by atoms with Crippen LogP contribution in [0.4, 0.5) is 0 Å². The fourth-order valence-electron chi connectivity index (χ4n) is 2.96. The quantitative estimate of drug-likeness (QED) is 0.885. The minimum absolute atomic E-state index is 0.119. The molecule has 1 aromatic rings. The molecule has 1 aliphatic heterocycles. The monoisotopic (exact) mass is 245 g/mol.